The molecule has 4 N–H and O–H groups in total. The predicted octanol–water partition coefficient (Wildman–Crippen LogP) is 7.01. The highest BCUT2D eigenvalue weighted by Crippen LogP contribution is 2.24. The Bertz CT molecular complexity index is 2060. The van der Waals surface area contributed by atoms with E-state index in [9.17, 15) is 20.2 Å². The molecule has 0 saturated carbocycles. The van der Waals surface area contributed by atoms with E-state index in [0.29, 0.717) is 23.3 Å². The van der Waals surface area contributed by atoms with Crippen molar-refractivity contribution in [1.82, 2.24) is 29.9 Å². The number of nitrogens with zero attached hydrogens (tertiary/aromatic N) is 12. The summed E-state index contributed by atoms with van der Waals surface area (Å²) in [6, 6.07) is 19.6. The summed E-state index contributed by atoms with van der Waals surface area (Å²) in [5.74, 6) is 2.09. The number of hydrogen-bond donors (Lipinski definition) is 4. The predicted molar refractivity (Wildman–Crippen MR) is 223 cm³/mol. The Morgan fingerprint density at radius 3 is 1.17 bits per heavy atom. The molecule has 0 bridgehead atoms. The largest absolute Gasteiger partial charge is 0.341 e. The molecule has 0 amide bonds. The van der Waals surface area contributed by atoms with E-state index < -0.39 is 9.85 Å². The zero-order valence-electron chi connectivity index (χ0n) is 31.6. The van der Waals surface area contributed by atoms with Gasteiger partial charge in [-0.1, -0.05) is 49.9 Å². The third-order valence-electron chi connectivity index (χ3n) is 9.39. The van der Waals surface area contributed by atoms with E-state index in [1.165, 1.54) is 24.3 Å². The zero-order chi connectivity index (χ0) is 40.1. The lowest BCUT2D eigenvalue weighted by Crippen LogP contribution is -2.26. The van der Waals surface area contributed by atoms with Crippen molar-refractivity contribution < 1.29 is 9.85 Å². The number of benzene rings is 3. The number of non-ortho nitro benzene ring substituents is 2. The minimum absolute atomic E-state index is 0.0111. The van der Waals surface area contributed by atoms with Crippen molar-refractivity contribution in [2.45, 2.75) is 51.4 Å². The van der Waals surface area contributed by atoms with Crippen molar-refractivity contribution in [2.75, 3.05) is 57.5 Å². The Morgan fingerprint density at radius 2 is 0.828 bits per heavy atom. The second-order valence-electron chi connectivity index (χ2n) is 13.6. The maximum absolute atomic E-state index is 11.1. The molecule has 0 unspecified atom stereocenters. The number of nitro groups is 2. The average Bonchev–Trinajstić information content (AvgIpc) is 3.69. The van der Waals surface area contributed by atoms with E-state index in [-0.39, 0.29) is 35.2 Å². The minimum Gasteiger partial charge on any atom is -0.341 e. The van der Waals surface area contributed by atoms with Gasteiger partial charge in [-0.3, -0.25) is 20.2 Å². The SMILES string of the molecule is O=[N+]([O-])c1ccc(Nc2nc(N/N=C/c3ccc(/C=N/Nc4nc(Nc5ccc([N+](=O)[O-])cc5)nc(N5CCCCCC5)n4)cc3)nc(N3CCCCCC3)n2)cc1. The number of aromatic nitrogens is 6. The molecule has 2 saturated heterocycles. The third kappa shape index (κ3) is 10.9. The molecule has 2 aliphatic heterocycles. The first-order valence-corrected chi connectivity index (χ1v) is 19.1. The van der Waals surface area contributed by atoms with Gasteiger partial charge >= 0.3 is 0 Å². The van der Waals surface area contributed by atoms with Crippen LogP contribution in [-0.4, -0.2) is 78.4 Å². The molecule has 5 aromatic rings. The first-order chi connectivity index (χ1) is 28.3. The summed E-state index contributed by atoms with van der Waals surface area (Å²) in [7, 11) is 0. The van der Waals surface area contributed by atoms with Crippen LogP contribution < -0.4 is 31.3 Å². The number of hydrazone groups is 2. The van der Waals surface area contributed by atoms with Gasteiger partial charge in [-0.05, 0) is 61.1 Å². The summed E-state index contributed by atoms with van der Waals surface area (Å²) in [6.45, 7) is 3.30. The molecule has 2 aromatic heterocycles. The molecule has 58 heavy (non-hydrogen) atoms. The standard InChI is InChI=1S/C38H42N16O4/c55-53(56)31-17-13-29(14-18-31)41-33-43-35(47-37(45-33)51-21-5-1-2-6-22-51)49-39-25-27-9-11-28(12-10-27)26-40-50-36-44-34(42-30-15-19-32(20-16-30)54(57)58)46-38(48-36)52-23-7-3-4-8-24-52/h9-20,25-26H,1-8,21-24H2,(H2,41,43,45,47,49)(H2,42,44,46,48,50)/b39-25+,40-26+. The van der Waals surface area contributed by atoms with Gasteiger partial charge in [0.05, 0.1) is 22.3 Å². The Hall–Kier alpha value is -7.38. The first-order valence-electron chi connectivity index (χ1n) is 19.1. The number of nitro benzene ring substituents is 2. The maximum atomic E-state index is 11.1. The quantitative estimate of drug-likeness (QED) is 0.0502. The van der Waals surface area contributed by atoms with E-state index in [0.717, 1.165) is 88.7 Å². The topological polar surface area (TPSA) is 243 Å². The van der Waals surface area contributed by atoms with Gasteiger partial charge in [-0.2, -0.15) is 40.1 Å². The highest BCUT2D eigenvalue weighted by molar-refractivity contribution is 5.84. The van der Waals surface area contributed by atoms with Gasteiger partial charge in [0.1, 0.15) is 0 Å². The zero-order valence-corrected chi connectivity index (χ0v) is 31.6. The highest BCUT2D eigenvalue weighted by Gasteiger charge is 2.18. The Balaban J connectivity index is 1.01. The average molecular weight is 787 g/mol. The Morgan fingerprint density at radius 1 is 0.483 bits per heavy atom. The molecule has 0 spiro atoms. The normalized spacial score (nSPS) is 14.8. The molecule has 3 aromatic carbocycles. The molecule has 2 aliphatic rings. The summed E-state index contributed by atoms with van der Waals surface area (Å²) in [5.41, 5.74) is 8.64. The molecular weight excluding hydrogens is 745 g/mol. The Kier molecular flexibility index (Phi) is 12.7. The van der Waals surface area contributed by atoms with E-state index in [2.05, 4.69) is 71.4 Å². The molecule has 20 heteroatoms. The van der Waals surface area contributed by atoms with Crippen LogP contribution in [0.1, 0.15) is 62.5 Å². The number of nitrogens with one attached hydrogen (secondary N) is 4. The lowest BCUT2D eigenvalue weighted by atomic mass is 10.2. The first kappa shape index (κ1) is 38.9. The molecule has 7 rings (SSSR count). The molecule has 298 valence electrons. The maximum Gasteiger partial charge on any atom is 0.269 e. The summed E-state index contributed by atoms with van der Waals surface area (Å²) in [6.07, 6.45) is 12.0. The lowest BCUT2D eigenvalue weighted by molar-refractivity contribution is -0.385. The van der Waals surface area contributed by atoms with E-state index in [4.69, 9.17) is 0 Å². The van der Waals surface area contributed by atoms with Crippen LogP contribution in [0.2, 0.25) is 0 Å². The van der Waals surface area contributed by atoms with E-state index in [1.54, 1.807) is 36.7 Å². The minimum atomic E-state index is -0.448. The van der Waals surface area contributed by atoms with Crippen LogP contribution in [0.4, 0.5) is 58.4 Å². The highest BCUT2D eigenvalue weighted by atomic mass is 16.6. The fourth-order valence-electron chi connectivity index (χ4n) is 6.35. The Labute approximate surface area is 333 Å². The third-order valence-corrected chi connectivity index (χ3v) is 9.39. The van der Waals surface area contributed by atoms with Crippen LogP contribution in [0.15, 0.2) is 83.0 Å². The van der Waals surface area contributed by atoms with Gasteiger partial charge in [0, 0.05) is 61.8 Å². The smallest absolute Gasteiger partial charge is 0.269 e. The van der Waals surface area contributed by atoms with Gasteiger partial charge in [0.15, 0.2) is 0 Å². The van der Waals surface area contributed by atoms with Crippen LogP contribution >= 0.6 is 0 Å². The van der Waals surface area contributed by atoms with Crippen LogP contribution in [0.3, 0.4) is 0 Å². The fraction of sp³-hybridized carbons (Fsp3) is 0.316. The second-order valence-corrected chi connectivity index (χ2v) is 13.6. The van der Waals surface area contributed by atoms with Crippen molar-refractivity contribution >= 4 is 70.9 Å². The van der Waals surface area contributed by atoms with Crippen LogP contribution in [0.5, 0.6) is 0 Å². The van der Waals surface area contributed by atoms with Crippen molar-refractivity contribution in [3.05, 3.63) is 104 Å². The number of hydrogen-bond acceptors (Lipinski definition) is 18. The van der Waals surface area contributed by atoms with Gasteiger partial charge in [0.2, 0.25) is 35.7 Å². The second kappa shape index (κ2) is 19.0. The molecule has 0 radical (unpaired) electrons. The van der Waals surface area contributed by atoms with Gasteiger partial charge < -0.3 is 20.4 Å². The van der Waals surface area contributed by atoms with Gasteiger partial charge in [0.25, 0.3) is 11.4 Å². The molecule has 20 nitrogen and oxygen atoms in total. The molecule has 0 aliphatic carbocycles. The van der Waals surface area contributed by atoms with Gasteiger partial charge in [-0.25, -0.2) is 10.9 Å². The molecule has 2 fully saturated rings. The van der Waals surface area contributed by atoms with Crippen LogP contribution in [0, 0.1) is 20.2 Å². The molecular formula is C38H42N16O4. The lowest BCUT2D eigenvalue weighted by Gasteiger charge is -2.21. The summed E-state index contributed by atoms with van der Waals surface area (Å²) in [5, 5.41) is 37.2. The molecule has 4 heterocycles. The van der Waals surface area contributed by atoms with Crippen molar-refractivity contribution in [1.29, 1.82) is 0 Å². The fourth-order valence-corrected chi connectivity index (χ4v) is 6.35. The van der Waals surface area contributed by atoms with E-state index >= 15 is 0 Å². The van der Waals surface area contributed by atoms with Crippen LogP contribution in [0.25, 0.3) is 0 Å². The van der Waals surface area contributed by atoms with Gasteiger partial charge in [-0.15, -0.1) is 0 Å². The van der Waals surface area contributed by atoms with Crippen LogP contribution in [-0.2, 0) is 0 Å². The van der Waals surface area contributed by atoms with Crippen molar-refractivity contribution in [3.8, 4) is 0 Å². The number of rotatable bonds is 14. The summed E-state index contributed by atoms with van der Waals surface area (Å²) < 4.78 is 0. The molecule has 0 atom stereocenters. The monoisotopic (exact) mass is 786 g/mol. The van der Waals surface area contributed by atoms with Crippen molar-refractivity contribution in [2.24, 2.45) is 10.2 Å². The summed E-state index contributed by atoms with van der Waals surface area (Å²) in [4.78, 5) is 53.1. The number of anilines is 8. The van der Waals surface area contributed by atoms with Crippen molar-refractivity contribution in [3.63, 3.8) is 0 Å². The van der Waals surface area contributed by atoms with E-state index in [1.807, 2.05) is 24.3 Å². The summed E-state index contributed by atoms with van der Waals surface area (Å²) >= 11 is 0.